The van der Waals surface area contributed by atoms with Crippen LogP contribution < -0.4 is 24.3 Å². The summed E-state index contributed by atoms with van der Waals surface area (Å²) in [5, 5.41) is 3.25. The normalized spacial score (nSPS) is 15.1. The van der Waals surface area contributed by atoms with E-state index in [1.165, 1.54) is 20.3 Å². The van der Waals surface area contributed by atoms with Crippen molar-refractivity contribution in [3.8, 4) is 34.1 Å². The lowest BCUT2D eigenvalue weighted by Gasteiger charge is -2.23. The lowest BCUT2D eigenvalue weighted by atomic mass is 9.99. The van der Waals surface area contributed by atoms with E-state index in [2.05, 4.69) is 10.1 Å². The summed E-state index contributed by atoms with van der Waals surface area (Å²) in [6.45, 7) is 2.09. The molecule has 0 radical (unpaired) electrons. The maximum atomic E-state index is 12.8. The predicted octanol–water partition coefficient (Wildman–Crippen LogP) is 4.65. The molecule has 1 aliphatic rings. The Morgan fingerprint density at radius 3 is 2.14 bits per heavy atom. The number of piperidine rings is 1. The number of hydrogen-bond donors (Lipinski definition) is 1. The van der Waals surface area contributed by atoms with Crippen LogP contribution in [-0.2, 0) is 0 Å². The SMILES string of the molecule is COc1cc(OC)cc(-c2ccc(OC(F)(F)F)c(OCC3CCNCC3)c2)c1. The fourth-order valence-electron chi connectivity index (χ4n) is 3.24. The van der Waals surface area contributed by atoms with Crippen molar-refractivity contribution >= 4 is 0 Å². The van der Waals surface area contributed by atoms with Crippen LogP contribution in [0, 0.1) is 5.92 Å². The van der Waals surface area contributed by atoms with Gasteiger partial charge in [0.1, 0.15) is 11.5 Å². The Kier molecular flexibility index (Phi) is 6.74. The number of hydrogen-bond acceptors (Lipinski definition) is 5. The third kappa shape index (κ3) is 5.93. The summed E-state index contributed by atoms with van der Waals surface area (Å²) < 4.78 is 59.0. The third-order valence-electron chi connectivity index (χ3n) is 4.79. The van der Waals surface area contributed by atoms with Crippen LogP contribution in [-0.4, -0.2) is 40.3 Å². The van der Waals surface area contributed by atoms with Crippen LogP contribution in [0.3, 0.4) is 0 Å². The second kappa shape index (κ2) is 9.26. The number of halogens is 3. The average Bonchev–Trinajstić information content (AvgIpc) is 2.72. The zero-order valence-corrected chi connectivity index (χ0v) is 16.3. The zero-order valence-electron chi connectivity index (χ0n) is 16.3. The molecule has 3 rings (SSSR count). The molecule has 0 atom stereocenters. The maximum Gasteiger partial charge on any atom is 0.573 e. The molecule has 0 spiro atoms. The Morgan fingerprint density at radius 2 is 1.55 bits per heavy atom. The molecule has 0 aromatic heterocycles. The van der Waals surface area contributed by atoms with E-state index in [1.54, 1.807) is 30.3 Å². The number of benzene rings is 2. The van der Waals surface area contributed by atoms with Gasteiger partial charge in [0.05, 0.1) is 20.8 Å². The lowest BCUT2D eigenvalue weighted by molar-refractivity contribution is -0.275. The molecule has 1 heterocycles. The van der Waals surface area contributed by atoms with Crippen molar-refractivity contribution in [1.29, 1.82) is 0 Å². The van der Waals surface area contributed by atoms with Crippen LogP contribution in [0.25, 0.3) is 11.1 Å². The van der Waals surface area contributed by atoms with Crippen LogP contribution in [0.4, 0.5) is 13.2 Å². The summed E-state index contributed by atoms with van der Waals surface area (Å²) in [4.78, 5) is 0. The molecule has 0 amide bonds. The number of nitrogens with one attached hydrogen (secondary N) is 1. The molecule has 1 aliphatic heterocycles. The van der Waals surface area contributed by atoms with Gasteiger partial charge in [-0.2, -0.15) is 0 Å². The molecular formula is C21H24F3NO4. The van der Waals surface area contributed by atoms with E-state index in [1.807, 2.05) is 0 Å². The van der Waals surface area contributed by atoms with Gasteiger partial charge in [0.25, 0.3) is 0 Å². The Balaban J connectivity index is 1.90. The molecule has 5 nitrogen and oxygen atoms in total. The fourth-order valence-corrected chi connectivity index (χ4v) is 3.24. The Labute approximate surface area is 167 Å². The van der Waals surface area contributed by atoms with Gasteiger partial charge in [-0.25, -0.2) is 0 Å². The van der Waals surface area contributed by atoms with E-state index >= 15 is 0 Å². The summed E-state index contributed by atoms with van der Waals surface area (Å²) in [5.74, 6) is 1.14. The second-order valence-electron chi connectivity index (χ2n) is 6.82. The zero-order chi connectivity index (χ0) is 20.9. The van der Waals surface area contributed by atoms with Gasteiger partial charge in [0, 0.05) is 6.07 Å². The number of alkyl halides is 3. The van der Waals surface area contributed by atoms with Crippen LogP contribution >= 0.6 is 0 Å². The first-order valence-corrected chi connectivity index (χ1v) is 9.34. The summed E-state index contributed by atoms with van der Waals surface area (Å²) in [6.07, 6.45) is -2.96. The van der Waals surface area contributed by atoms with Crippen LogP contribution in [0.5, 0.6) is 23.0 Å². The first-order valence-electron chi connectivity index (χ1n) is 9.34. The maximum absolute atomic E-state index is 12.8. The van der Waals surface area contributed by atoms with E-state index in [0.717, 1.165) is 31.5 Å². The molecular weight excluding hydrogens is 387 g/mol. The van der Waals surface area contributed by atoms with E-state index < -0.39 is 6.36 Å². The predicted molar refractivity (Wildman–Crippen MR) is 103 cm³/mol. The first kappa shape index (κ1) is 21.1. The van der Waals surface area contributed by atoms with E-state index in [-0.39, 0.29) is 17.4 Å². The third-order valence-corrected chi connectivity index (χ3v) is 4.79. The Morgan fingerprint density at radius 1 is 0.897 bits per heavy atom. The molecule has 0 unspecified atom stereocenters. The first-order chi connectivity index (χ1) is 13.9. The highest BCUT2D eigenvalue weighted by Crippen LogP contribution is 2.38. The second-order valence-corrected chi connectivity index (χ2v) is 6.82. The van der Waals surface area contributed by atoms with Gasteiger partial charge >= 0.3 is 6.36 Å². The Bertz CT molecular complexity index is 798. The van der Waals surface area contributed by atoms with Crippen LogP contribution in [0.15, 0.2) is 36.4 Å². The summed E-state index contributed by atoms with van der Waals surface area (Å²) in [6, 6.07) is 9.65. The summed E-state index contributed by atoms with van der Waals surface area (Å²) in [7, 11) is 3.07. The quantitative estimate of drug-likeness (QED) is 0.719. The largest absolute Gasteiger partial charge is 0.573 e. The van der Waals surface area contributed by atoms with Gasteiger partial charge in [0.2, 0.25) is 0 Å². The van der Waals surface area contributed by atoms with E-state index in [4.69, 9.17) is 14.2 Å². The van der Waals surface area contributed by atoms with Gasteiger partial charge in [-0.1, -0.05) is 6.07 Å². The molecule has 8 heteroatoms. The van der Waals surface area contributed by atoms with Crippen molar-refractivity contribution in [2.45, 2.75) is 19.2 Å². The van der Waals surface area contributed by atoms with E-state index in [9.17, 15) is 13.2 Å². The molecule has 2 aromatic rings. The summed E-state index contributed by atoms with van der Waals surface area (Å²) >= 11 is 0. The van der Waals surface area contributed by atoms with Crippen molar-refractivity contribution in [1.82, 2.24) is 5.32 Å². The van der Waals surface area contributed by atoms with Crippen molar-refractivity contribution in [3.63, 3.8) is 0 Å². The van der Waals surface area contributed by atoms with Gasteiger partial charge in [-0.05, 0) is 67.2 Å². The molecule has 0 bridgehead atoms. The number of rotatable bonds is 7. The Hall–Kier alpha value is -2.61. The highest BCUT2D eigenvalue weighted by Gasteiger charge is 2.32. The van der Waals surface area contributed by atoms with Crippen molar-refractivity contribution in [2.24, 2.45) is 5.92 Å². The van der Waals surface area contributed by atoms with Crippen molar-refractivity contribution in [3.05, 3.63) is 36.4 Å². The minimum atomic E-state index is -4.80. The number of methoxy groups -OCH3 is 2. The van der Waals surface area contributed by atoms with Gasteiger partial charge in [-0.15, -0.1) is 13.2 Å². The van der Waals surface area contributed by atoms with Gasteiger partial charge in [-0.3, -0.25) is 0 Å². The molecule has 2 aromatic carbocycles. The van der Waals surface area contributed by atoms with Crippen LogP contribution in [0.1, 0.15) is 12.8 Å². The molecule has 158 valence electrons. The van der Waals surface area contributed by atoms with E-state index in [0.29, 0.717) is 23.7 Å². The topological polar surface area (TPSA) is 49.0 Å². The average molecular weight is 411 g/mol. The smallest absolute Gasteiger partial charge is 0.497 e. The molecule has 1 fully saturated rings. The van der Waals surface area contributed by atoms with Gasteiger partial charge in [0.15, 0.2) is 11.5 Å². The minimum absolute atomic E-state index is 0.0557. The molecule has 0 aliphatic carbocycles. The van der Waals surface area contributed by atoms with Crippen molar-refractivity contribution in [2.75, 3.05) is 33.9 Å². The molecule has 1 N–H and O–H groups in total. The lowest BCUT2D eigenvalue weighted by Crippen LogP contribution is -2.30. The monoisotopic (exact) mass is 411 g/mol. The van der Waals surface area contributed by atoms with Gasteiger partial charge < -0.3 is 24.3 Å². The molecule has 29 heavy (non-hydrogen) atoms. The highest BCUT2D eigenvalue weighted by atomic mass is 19.4. The fraction of sp³-hybridized carbons (Fsp3) is 0.429. The standard InChI is InChI=1S/C21H24F3NO4/c1-26-17-9-16(10-18(12-17)27-2)15-3-4-19(29-21(22,23)24)20(11-15)28-13-14-5-7-25-8-6-14/h3-4,9-12,14,25H,5-8,13H2,1-2H3. The highest BCUT2D eigenvalue weighted by molar-refractivity contribution is 5.70. The van der Waals surface area contributed by atoms with Crippen LogP contribution in [0.2, 0.25) is 0 Å². The minimum Gasteiger partial charge on any atom is -0.497 e. The molecule has 0 saturated carbocycles. The summed E-state index contributed by atoms with van der Waals surface area (Å²) in [5.41, 5.74) is 1.39. The van der Waals surface area contributed by atoms with Crippen molar-refractivity contribution < 1.29 is 32.1 Å². The molecule has 1 saturated heterocycles. The number of ether oxygens (including phenoxy) is 4.